The highest BCUT2D eigenvalue weighted by atomic mass is 19.3. The van der Waals surface area contributed by atoms with E-state index in [4.69, 9.17) is 4.42 Å². The molecule has 2 aromatic rings. The van der Waals surface area contributed by atoms with E-state index >= 15 is 0 Å². The molecular weight excluding hydrogens is 270 g/mol. The maximum Gasteiger partial charge on any atom is 0.387 e. The van der Waals surface area contributed by atoms with Crippen LogP contribution < -0.4 is 15.4 Å². The maximum absolute atomic E-state index is 12.0. The third-order valence-electron chi connectivity index (χ3n) is 2.57. The normalized spacial score (nSPS) is 12.4. The number of alkyl halides is 2. The second-order valence-corrected chi connectivity index (χ2v) is 3.98. The van der Waals surface area contributed by atoms with Crippen LogP contribution in [0.1, 0.15) is 18.9 Å². The van der Waals surface area contributed by atoms with Crippen LogP contribution in [0, 0.1) is 0 Å². The third kappa shape index (κ3) is 3.64. The summed E-state index contributed by atoms with van der Waals surface area (Å²) in [5, 5.41) is 13.6. The molecule has 0 aliphatic heterocycles. The zero-order chi connectivity index (χ0) is 14.5. The van der Waals surface area contributed by atoms with E-state index in [9.17, 15) is 8.78 Å². The molecule has 0 saturated heterocycles. The highest BCUT2D eigenvalue weighted by molar-refractivity contribution is 5.53. The molecule has 1 heterocycles. The summed E-state index contributed by atoms with van der Waals surface area (Å²) in [4.78, 5) is 0. The first kappa shape index (κ1) is 14.2. The Balaban J connectivity index is 2.01. The quantitative estimate of drug-likeness (QED) is 0.849. The second-order valence-electron chi connectivity index (χ2n) is 3.98. The standard InChI is InChI=1S/C12H14F2N4O2/c1-7(15-2)10-17-18-12(20-10)16-8-3-5-9(6-4-8)19-11(13)14/h3-7,11,15H,1-2H3,(H,16,18). The van der Waals surface area contributed by atoms with E-state index in [1.165, 1.54) is 12.1 Å². The van der Waals surface area contributed by atoms with Crippen molar-refractivity contribution in [3.05, 3.63) is 30.2 Å². The summed E-state index contributed by atoms with van der Waals surface area (Å²) in [5.74, 6) is 0.535. The third-order valence-corrected chi connectivity index (χ3v) is 2.57. The van der Waals surface area contributed by atoms with Crippen molar-refractivity contribution in [2.24, 2.45) is 0 Å². The Kier molecular flexibility index (Phi) is 4.46. The van der Waals surface area contributed by atoms with Crippen LogP contribution in [0.5, 0.6) is 5.75 Å². The predicted molar refractivity (Wildman–Crippen MR) is 68.1 cm³/mol. The SMILES string of the molecule is CNC(C)c1nnc(Nc2ccc(OC(F)F)cc2)o1. The lowest BCUT2D eigenvalue weighted by Gasteiger charge is -2.06. The van der Waals surface area contributed by atoms with Gasteiger partial charge in [0, 0.05) is 5.69 Å². The number of nitrogens with zero attached hydrogens (tertiary/aromatic N) is 2. The Morgan fingerprint density at radius 3 is 2.50 bits per heavy atom. The molecule has 108 valence electrons. The fourth-order valence-electron chi connectivity index (χ4n) is 1.43. The number of nitrogens with one attached hydrogen (secondary N) is 2. The summed E-state index contributed by atoms with van der Waals surface area (Å²) in [5.41, 5.74) is 0.624. The number of aromatic nitrogens is 2. The van der Waals surface area contributed by atoms with Gasteiger partial charge in [-0.3, -0.25) is 0 Å². The Morgan fingerprint density at radius 2 is 1.90 bits per heavy atom. The molecule has 0 aliphatic rings. The molecule has 0 spiro atoms. The number of hydrogen-bond donors (Lipinski definition) is 2. The molecule has 1 atom stereocenters. The van der Waals surface area contributed by atoms with Gasteiger partial charge in [-0.15, -0.1) is 5.10 Å². The molecule has 0 radical (unpaired) electrons. The summed E-state index contributed by atoms with van der Waals surface area (Å²) in [6.07, 6.45) is 0. The summed E-state index contributed by atoms with van der Waals surface area (Å²) in [7, 11) is 1.78. The van der Waals surface area contributed by atoms with Crippen LogP contribution in [0.15, 0.2) is 28.7 Å². The first-order valence-corrected chi connectivity index (χ1v) is 5.91. The number of hydrogen-bond acceptors (Lipinski definition) is 6. The van der Waals surface area contributed by atoms with E-state index in [1.54, 1.807) is 19.2 Å². The molecule has 0 saturated carbocycles. The molecule has 0 aliphatic carbocycles. The minimum atomic E-state index is -2.84. The molecule has 0 amide bonds. The summed E-state index contributed by atoms with van der Waals surface area (Å²) in [6.45, 7) is -0.955. The molecule has 1 aromatic carbocycles. The highest BCUT2D eigenvalue weighted by Crippen LogP contribution is 2.21. The summed E-state index contributed by atoms with van der Waals surface area (Å²) in [6, 6.07) is 6.15. The van der Waals surface area contributed by atoms with Crippen molar-refractivity contribution < 1.29 is 17.9 Å². The van der Waals surface area contributed by atoms with Crippen molar-refractivity contribution in [3.63, 3.8) is 0 Å². The van der Waals surface area contributed by atoms with E-state index in [1.807, 2.05) is 6.92 Å². The second kappa shape index (κ2) is 6.29. The molecular formula is C12H14F2N4O2. The van der Waals surface area contributed by atoms with Crippen molar-refractivity contribution in [2.75, 3.05) is 12.4 Å². The molecule has 0 bridgehead atoms. The fraction of sp³-hybridized carbons (Fsp3) is 0.333. The van der Waals surface area contributed by atoms with Crippen molar-refractivity contribution in [1.82, 2.24) is 15.5 Å². The average molecular weight is 284 g/mol. The first-order chi connectivity index (χ1) is 9.58. The van der Waals surface area contributed by atoms with Gasteiger partial charge in [-0.1, -0.05) is 5.10 Å². The number of rotatable bonds is 6. The summed E-state index contributed by atoms with van der Waals surface area (Å²) < 4.78 is 33.6. The molecule has 2 N–H and O–H groups in total. The molecule has 0 fully saturated rings. The van der Waals surface area contributed by atoms with E-state index in [2.05, 4.69) is 25.6 Å². The lowest BCUT2D eigenvalue weighted by Crippen LogP contribution is -2.12. The van der Waals surface area contributed by atoms with Crippen molar-refractivity contribution in [3.8, 4) is 5.75 Å². The van der Waals surface area contributed by atoms with E-state index in [0.717, 1.165) is 0 Å². The van der Waals surface area contributed by atoms with Gasteiger partial charge in [-0.05, 0) is 38.2 Å². The molecule has 2 rings (SSSR count). The van der Waals surface area contributed by atoms with E-state index in [0.29, 0.717) is 11.6 Å². The van der Waals surface area contributed by atoms with Gasteiger partial charge >= 0.3 is 12.6 Å². The number of halogens is 2. The predicted octanol–water partition coefficient (Wildman–Crippen LogP) is 2.70. The maximum atomic E-state index is 12.0. The first-order valence-electron chi connectivity index (χ1n) is 5.91. The van der Waals surface area contributed by atoms with Gasteiger partial charge < -0.3 is 19.8 Å². The fourth-order valence-corrected chi connectivity index (χ4v) is 1.43. The Labute approximate surface area is 114 Å². The lowest BCUT2D eigenvalue weighted by atomic mass is 10.3. The zero-order valence-corrected chi connectivity index (χ0v) is 10.9. The molecule has 6 nitrogen and oxygen atoms in total. The largest absolute Gasteiger partial charge is 0.435 e. The zero-order valence-electron chi connectivity index (χ0n) is 10.9. The monoisotopic (exact) mass is 284 g/mol. The lowest BCUT2D eigenvalue weighted by molar-refractivity contribution is -0.0498. The number of benzene rings is 1. The molecule has 20 heavy (non-hydrogen) atoms. The van der Waals surface area contributed by atoms with E-state index in [-0.39, 0.29) is 17.8 Å². The van der Waals surface area contributed by atoms with Crippen molar-refractivity contribution in [2.45, 2.75) is 19.6 Å². The van der Waals surface area contributed by atoms with Gasteiger partial charge in [0.1, 0.15) is 5.75 Å². The number of anilines is 2. The van der Waals surface area contributed by atoms with Crippen LogP contribution >= 0.6 is 0 Å². The van der Waals surface area contributed by atoms with Crippen LogP contribution in [0.4, 0.5) is 20.5 Å². The summed E-state index contributed by atoms with van der Waals surface area (Å²) >= 11 is 0. The topological polar surface area (TPSA) is 72.2 Å². The number of ether oxygens (including phenoxy) is 1. The molecule has 8 heteroatoms. The van der Waals surface area contributed by atoms with Gasteiger partial charge in [0.15, 0.2) is 0 Å². The van der Waals surface area contributed by atoms with Gasteiger partial charge in [-0.2, -0.15) is 8.78 Å². The minimum Gasteiger partial charge on any atom is -0.435 e. The van der Waals surface area contributed by atoms with Crippen LogP contribution in [-0.4, -0.2) is 23.9 Å². The average Bonchev–Trinajstić information content (AvgIpc) is 2.88. The molecule has 1 aromatic heterocycles. The van der Waals surface area contributed by atoms with Gasteiger partial charge in [0.25, 0.3) is 0 Å². The minimum absolute atomic E-state index is 0.0557. The van der Waals surface area contributed by atoms with Crippen molar-refractivity contribution >= 4 is 11.7 Å². The van der Waals surface area contributed by atoms with Gasteiger partial charge in [-0.25, -0.2) is 0 Å². The van der Waals surface area contributed by atoms with Gasteiger partial charge in [0.05, 0.1) is 6.04 Å². The van der Waals surface area contributed by atoms with E-state index < -0.39 is 6.61 Å². The van der Waals surface area contributed by atoms with Gasteiger partial charge in [0.2, 0.25) is 5.89 Å². The Morgan fingerprint density at radius 1 is 1.20 bits per heavy atom. The van der Waals surface area contributed by atoms with Crippen molar-refractivity contribution in [1.29, 1.82) is 0 Å². The smallest absolute Gasteiger partial charge is 0.387 e. The van der Waals surface area contributed by atoms with Crippen LogP contribution in [0.25, 0.3) is 0 Å². The Bertz CT molecular complexity index is 545. The van der Waals surface area contributed by atoms with Crippen LogP contribution in [-0.2, 0) is 0 Å². The van der Waals surface area contributed by atoms with Crippen LogP contribution in [0.2, 0.25) is 0 Å². The highest BCUT2D eigenvalue weighted by Gasteiger charge is 2.12. The Hall–Kier alpha value is -2.22. The molecule has 1 unspecified atom stereocenters. The van der Waals surface area contributed by atoms with Crippen LogP contribution in [0.3, 0.4) is 0 Å².